The molecule has 1 aliphatic rings. The molecular weight excluding hydrogens is 246 g/mol. The molecule has 3 rings (SSSR count). The lowest BCUT2D eigenvalue weighted by atomic mass is 10.3. The van der Waals surface area contributed by atoms with Crippen LogP contribution in [-0.4, -0.2) is 17.6 Å². The van der Waals surface area contributed by atoms with Gasteiger partial charge in [-0.3, -0.25) is 0 Å². The predicted molar refractivity (Wildman–Crippen MR) is 72.8 cm³/mol. The van der Waals surface area contributed by atoms with Gasteiger partial charge in [0.05, 0.1) is 18.5 Å². The number of anilines is 1. The van der Waals surface area contributed by atoms with Crippen molar-refractivity contribution >= 4 is 16.5 Å². The summed E-state index contributed by atoms with van der Waals surface area (Å²) >= 11 is 1.71. The Morgan fingerprint density at radius 1 is 1.50 bits per heavy atom. The third kappa shape index (κ3) is 2.57. The van der Waals surface area contributed by atoms with Crippen LogP contribution in [-0.2, 0) is 13.0 Å². The lowest BCUT2D eigenvalue weighted by molar-refractivity contribution is 0.501. The number of hydrogen-bond donors (Lipinski definition) is 1. The molecule has 0 atom stereocenters. The summed E-state index contributed by atoms with van der Waals surface area (Å²) in [5.41, 5.74) is 6.66. The molecule has 0 bridgehead atoms. The molecule has 2 heterocycles. The Hall–Kier alpha value is -1.33. The van der Waals surface area contributed by atoms with Gasteiger partial charge in [0, 0.05) is 17.8 Å². The third-order valence-electron chi connectivity index (χ3n) is 3.08. The molecule has 0 unspecified atom stereocenters. The van der Waals surface area contributed by atoms with Crippen LogP contribution >= 0.6 is 11.3 Å². The Bertz CT molecular complexity index is 490. The van der Waals surface area contributed by atoms with Crippen molar-refractivity contribution in [2.24, 2.45) is 5.73 Å². The van der Waals surface area contributed by atoms with E-state index < -0.39 is 0 Å². The summed E-state index contributed by atoms with van der Waals surface area (Å²) in [6, 6.07) is 4.58. The third-order valence-corrected chi connectivity index (χ3v) is 4.01. The molecule has 2 N–H and O–H groups in total. The Morgan fingerprint density at radius 3 is 3.06 bits per heavy atom. The van der Waals surface area contributed by atoms with E-state index in [9.17, 15) is 0 Å². The Labute approximate surface area is 110 Å². The summed E-state index contributed by atoms with van der Waals surface area (Å²) < 4.78 is 5.43. The molecule has 96 valence electrons. The van der Waals surface area contributed by atoms with E-state index in [2.05, 4.69) is 15.3 Å². The van der Waals surface area contributed by atoms with Crippen molar-refractivity contribution in [3.8, 4) is 0 Å². The van der Waals surface area contributed by atoms with Crippen LogP contribution < -0.4 is 10.6 Å². The van der Waals surface area contributed by atoms with Crippen molar-refractivity contribution in [2.45, 2.75) is 31.8 Å². The number of nitrogens with two attached hydrogens (primary N) is 1. The van der Waals surface area contributed by atoms with Gasteiger partial charge in [-0.15, -0.1) is 11.3 Å². The predicted octanol–water partition coefficient (Wildman–Crippen LogP) is 2.41. The van der Waals surface area contributed by atoms with Crippen LogP contribution in [0.25, 0.3) is 0 Å². The molecule has 0 radical (unpaired) electrons. The first-order valence-corrected chi connectivity index (χ1v) is 7.18. The van der Waals surface area contributed by atoms with E-state index in [4.69, 9.17) is 10.2 Å². The van der Waals surface area contributed by atoms with Crippen LogP contribution in [0.1, 0.15) is 24.3 Å². The molecule has 0 aliphatic heterocycles. The van der Waals surface area contributed by atoms with Gasteiger partial charge in [-0.25, -0.2) is 4.98 Å². The SMILES string of the molecule is NCCc1csc(N(Cc2ccco2)C2CC2)n1. The highest BCUT2D eigenvalue weighted by Crippen LogP contribution is 2.34. The fraction of sp³-hybridized carbons (Fsp3) is 0.462. The van der Waals surface area contributed by atoms with Crippen molar-refractivity contribution in [3.05, 3.63) is 35.2 Å². The van der Waals surface area contributed by atoms with Crippen molar-refractivity contribution in [1.29, 1.82) is 0 Å². The summed E-state index contributed by atoms with van der Waals surface area (Å²) in [6.45, 7) is 1.47. The van der Waals surface area contributed by atoms with Crippen molar-refractivity contribution in [1.82, 2.24) is 4.98 Å². The van der Waals surface area contributed by atoms with Gasteiger partial charge in [-0.2, -0.15) is 0 Å². The first-order chi connectivity index (χ1) is 8.86. The standard InChI is InChI=1S/C13H17N3OS/c14-6-5-10-9-18-13(15-10)16(11-3-4-11)8-12-2-1-7-17-12/h1-2,7,9,11H,3-6,8,14H2. The zero-order chi connectivity index (χ0) is 12.4. The highest BCUT2D eigenvalue weighted by atomic mass is 32.1. The summed E-state index contributed by atoms with van der Waals surface area (Å²) in [7, 11) is 0. The van der Waals surface area contributed by atoms with Gasteiger partial charge >= 0.3 is 0 Å². The molecule has 2 aromatic rings. The van der Waals surface area contributed by atoms with Crippen molar-refractivity contribution in [2.75, 3.05) is 11.4 Å². The second kappa shape index (κ2) is 5.12. The fourth-order valence-corrected chi connectivity index (χ4v) is 2.93. The van der Waals surface area contributed by atoms with E-state index in [0.717, 1.165) is 29.6 Å². The van der Waals surface area contributed by atoms with E-state index in [-0.39, 0.29) is 0 Å². The molecule has 4 nitrogen and oxygen atoms in total. The molecule has 2 aromatic heterocycles. The summed E-state index contributed by atoms with van der Waals surface area (Å²) in [6.07, 6.45) is 5.09. The molecule has 0 spiro atoms. The Morgan fingerprint density at radius 2 is 2.39 bits per heavy atom. The minimum absolute atomic E-state index is 0.631. The second-order valence-corrected chi connectivity index (χ2v) is 5.44. The topological polar surface area (TPSA) is 55.3 Å². The van der Waals surface area contributed by atoms with Crippen LogP contribution in [0.5, 0.6) is 0 Å². The van der Waals surface area contributed by atoms with Crippen LogP contribution in [0.2, 0.25) is 0 Å². The highest BCUT2D eigenvalue weighted by Gasteiger charge is 2.31. The van der Waals surface area contributed by atoms with Gasteiger partial charge in [0.15, 0.2) is 5.13 Å². The number of furan rings is 1. The monoisotopic (exact) mass is 263 g/mol. The second-order valence-electron chi connectivity index (χ2n) is 4.60. The zero-order valence-electron chi connectivity index (χ0n) is 10.2. The minimum Gasteiger partial charge on any atom is -0.467 e. The van der Waals surface area contributed by atoms with Gasteiger partial charge in [0.25, 0.3) is 0 Å². The maximum atomic E-state index is 5.56. The number of hydrogen-bond acceptors (Lipinski definition) is 5. The Kier molecular flexibility index (Phi) is 3.34. The molecule has 18 heavy (non-hydrogen) atoms. The summed E-state index contributed by atoms with van der Waals surface area (Å²) in [5.74, 6) is 0.998. The van der Waals surface area contributed by atoms with Crippen LogP contribution in [0.4, 0.5) is 5.13 Å². The summed E-state index contributed by atoms with van der Waals surface area (Å²) in [5, 5.41) is 3.21. The molecule has 5 heteroatoms. The minimum atomic E-state index is 0.631. The lowest BCUT2D eigenvalue weighted by Crippen LogP contribution is -2.24. The average Bonchev–Trinajstić information content (AvgIpc) is 2.89. The first kappa shape index (κ1) is 11.7. The quantitative estimate of drug-likeness (QED) is 0.869. The maximum absolute atomic E-state index is 5.56. The van der Waals surface area contributed by atoms with Gasteiger partial charge in [0.2, 0.25) is 0 Å². The zero-order valence-corrected chi connectivity index (χ0v) is 11.0. The van der Waals surface area contributed by atoms with Crippen LogP contribution in [0, 0.1) is 0 Å². The average molecular weight is 263 g/mol. The van der Waals surface area contributed by atoms with E-state index in [1.807, 2.05) is 12.1 Å². The van der Waals surface area contributed by atoms with E-state index in [0.29, 0.717) is 12.6 Å². The molecule has 0 amide bonds. The van der Waals surface area contributed by atoms with Crippen LogP contribution in [0.3, 0.4) is 0 Å². The normalized spacial score (nSPS) is 14.9. The smallest absolute Gasteiger partial charge is 0.186 e. The van der Waals surface area contributed by atoms with E-state index in [1.165, 1.54) is 12.8 Å². The molecular formula is C13H17N3OS. The molecule has 0 aromatic carbocycles. The lowest BCUT2D eigenvalue weighted by Gasteiger charge is -2.19. The Balaban J connectivity index is 1.76. The van der Waals surface area contributed by atoms with E-state index >= 15 is 0 Å². The first-order valence-electron chi connectivity index (χ1n) is 6.30. The maximum Gasteiger partial charge on any atom is 0.186 e. The van der Waals surface area contributed by atoms with E-state index in [1.54, 1.807) is 17.6 Å². The molecule has 0 saturated heterocycles. The molecule has 1 fully saturated rings. The number of nitrogens with zero attached hydrogens (tertiary/aromatic N) is 2. The van der Waals surface area contributed by atoms with Gasteiger partial charge in [-0.1, -0.05) is 0 Å². The van der Waals surface area contributed by atoms with Crippen molar-refractivity contribution < 1.29 is 4.42 Å². The van der Waals surface area contributed by atoms with Crippen LogP contribution in [0.15, 0.2) is 28.2 Å². The summed E-state index contributed by atoms with van der Waals surface area (Å²) in [4.78, 5) is 7.02. The molecule has 1 aliphatic carbocycles. The van der Waals surface area contributed by atoms with Gasteiger partial charge in [0.1, 0.15) is 5.76 Å². The highest BCUT2D eigenvalue weighted by molar-refractivity contribution is 7.13. The fourth-order valence-electron chi connectivity index (χ4n) is 2.00. The molecule has 1 saturated carbocycles. The number of aromatic nitrogens is 1. The largest absolute Gasteiger partial charge is 0.467 e. The van der Waals surface area contributed by atoms with Gasteiger partial charge < -0.3 is 15.1 Å². The number of thiazole rings is 1. The van der Waals surface area contributed by atoms with Crippen molar-refractivity contribution in [3.63, 3.8) is 0 Å². The number of rotatable bonds is 6. The van der Waals surface area contributed by atoms with Gasteiger partial charge in [-0.05, 0) is 31.5 Å².